The molecule has 0 bridgehead atoms. The van der Waals surface area contributed by atoms with Crippen molar-refractivity contribution in [2.24, 2.45) is 0 Å². The first-order chi connectivity index (χ1) is 11.2. The van der Waals surface area contributed by atoms with Crippen molar-refractivity contribution in [1.29, 1.82) is 0 Å². The maximum absolute atomic E-state index is 12.6. The van der Waals surface area contributed by atoms with Crippen molar-refractivity contribution in [2.45, 2.75) is 38.2 Å². The molecule has 0 aromatic heterocycles. The smallest absolute Gasteiger partial charge is 0.339 e. The van der Waals surface area contributed by atoms with Crippen molar-refractivity contribution in [1.82, 2.24) is 0 Å². The molecule has 1 heterocycles. The van der Waals surface area contributed by atoms with Gasteiger partial charge in [-0.3, -0.25) is 0 Å². The van der Waals surface area contributed by atoms with Crippen molar-refractivity contribution < 1.29 is 17.3 Å². The van der Waals surface area contributed by atoms with E-state index in [9.17, 15) is 8.42 Å². The summed E-state index contributed by atoms with van der Waals surface area (Å²) in [5.74, 6) is 0.910. The van der Waals surface area contributed by atoms with Crippen LogP contribution in [0.3, 0.4) is 0 Å². The fraction of sp³-hybridized carbons (Fsp3) is 0.263. The molecular formula is C19H20O4S. The van der Waals surface area contributed by atoms with Gasteiger partial charge in [0.25, 0.3) is 0 Å². The molecule has 126 valence electrons. The van der Waals surface area contributed by atoms with E-state index in [2.05, 4.69) is 0 Å². The molecule has 0 spiro atoms. The number of hydrogen-bond acceptors (Lipinski definition) is 4. The quantitative estimate of drug-likeness (QED) is 0.782. The van der Waals surface area contributed by atoms with Crippen LogP contribution in [0, 0.1) is 13.8 Å². The Hall–Kier alpha value is -2.27. The minimum atomic E-state index is -3.91. The van der Waals surface area contributed by atoms with Gasteiger partial charge in [0, 0.05) is 6.08 Å². The Balaban J connectivity index is 2.03. The van der Waals surface area contributed by atoms with Crippen molar-refractivity contribution in [3.63, 3.8) is 0 Å². The third kappa shape index (κ3) is 3.31. The summed E-state index contributed by atoms with van der Waals surface area (Å²) in [7, 11) is -3.91. The van der Waals surface area contributed by atoms with Crippen LogP contribution in [0.25, 0.3) is 5.76 Å². The Kier molecular flexibility index (Phi) is 3.92. The molecule has 3 rings (SSSR count). The molecule has 0 atom stereocenters. The van der Waals surface area contributed by atoms with Crippen LogP contribution < -0.4 is 4.74 Å². The Labute approximate surface area is 142 Å². The number of ether oxygens (including phenoxy) is 1. The molecule has 0 unspecified atom stereocenters. The van der Waals surface area contributed by atoms with Crippen LogP contribution in [0.15, 0.2) is 53.4 Å². The predicted octanol–water partition coefficient (Wildman–Crippen LogP) is 4.22. The zero-order valence-electron chi connectivity index (χ0n) is 14.2. The molecule has 1 aliphatic rings. The van der Waals surface area contributed by atoms with Gasteiger partial charge in [-0.25, -0.2) is 0 Å². The lowest BCUT2D eigenvalue weighted by molar-refractivity contribution is 0.154. The number of rotatable bonds is 3. The van der Waals surface area contributed by atoms with E-state index in [1.807, 2.05) is 45.9 Å². The number of aryl methyl sites for hydroxylation is 2. The molecular weight excluding hydrogens is 324 g/mol. The van der Waals surface area contributed by atoms with Gasteiger partial charge in [0.1, 0.15) is 16.2 Å². The highest BCUT2D eigenvalue weighted by molar-refractivity contribution is 7.87. The molecule has 0 fully saturated rings. The monoisotopic (exact) mass is 344 g/mol. The second-order valence-corrected chi connectivity index (χ2v) is 8.11. The average molecular weight is 344 g/mol. The Morgan fingerprint density at radius 1 is 0.958 bits per heavy atom. The van der Waals surface area contributed by atoms with Gasteiger partial charge in [-0.05, 0) is 52.0 Å². The molecule has 2 aromatic carbocycles. The Morgan fingerprint density at radius 2 is 1.58 bits per heavy atom. The summed E-state index contributed by atoms with van der Waals surface area (Å²) < 4.78 is 36.6. The molecule has 24 heavy (non-hydrogen) atoms. The van der Waals surface area contributed by atoms with E-state index >= 15 is 0 Å². The van der Waals surface area contributed by atoms with Crippen molar-refractivity contribution in [3.8, 4) is 5.75 Å². The number of benzene rings is 2. The normalized spacial score (nSPS) is 15.9. The van der Waals surface area contributed by atoms with Gasteiger partial charge < -0.3 is 8.92 Å². The van der Waals surface area contributed by atoms with Gasteiger partial charge in [-0.1, -0.05) is 29.3 Å². The first-order valence-corrected chi connectivity index (χ1v) is 9.11. The molecule has 0 amide bonds. The summed E-state index contributed by atoms with van der Waals surface area (Å²) in [6.07, 6.45) is 1.69. The van der Waals surface area contributed by atoms with Crippen LogP contribution in [0.5, 0.6) is 5.75 Å². The largest absolute Gasteiger partial charge is 0.483 e. The van der Waals surface area contributed by atoms with E-state index in [4.69, 9.17) is 8.92 Å². The summed E-state index contributed by atoms with van der Waals surface area (Å²) >= 11 is 0. The standard InChI is InChI=1S/C19H20O4S/c1-13-5-8-15(9-6-13)24(20,21)23-18-12-19(3,4)22-17-10-7-14(2)11-16(17)18/h5-12H,1-4H3. The third-order valence-corrected chi connectivity index (χ3v) is 5.01. The van der Waals surface area contributed by atoms with E-state index in [0.29, 0.717) is 17.1 Å². The lowest BCUT2D eigenvalue weighted by Gasteiger charge is -2.30. The first kappa shape index (κ1) is 16.6. The first-order valence-electron chi connectivity index (χ1n) is 7.70. The third-order valence-electron chi connectivity index (χ3n) is 3.76. The van der Waals surface area contributed by atoms with E-state index < -0.39 is 15.7 Å². The Bertz CT molecular complexity index is 907. The minimum Gasteiger partial charge on any atom is -0.483 e. The van der Waals surface area contributed by atoms with Crippen LogP contribution in [0.2, 0.25) is 0 Å². The van der Waals surface area contributed by atoms with Gasteiger partial charge in [-0.15, -0.1) is 0 Å². The highest BCUT2D eigenvalue weighted by Gasteiger charge is 2.30. The minimum absolute atomic E-state index is 0.132. The fourth-order valence-electron chi connectivity index (χ4n) is 2.57. The topological polar surface area (TPSA) is 52.6 Å². The van der Waals surface area contributed by atoms with Crippen LogP contribution in [-0.2, 0) is 14.3 Å². The van der Waals surface area contributed by atoms with Crippen molar-refractivity contribution in [3.05, 3.63) is 65.2 Å². The number of hydrogen-bond donors (Lipinski definition) is 0. The van der Waals surface area contributed by atoms with Crippen LogP contribution in [-0.4, -0.2) is 14.0 Å². The molecule has 0 saturated heterocycles. The zero-order chi connectivity index (χ0) is 17.5. The zero-order valence-corrected chi connectivity index (χ0v) is 15.0. The van der Waals surface area contributed by atoms with E-state index in [-0.39, 0.29) is 4.90 Å². The molecule has 1 aliphatic heterocycles. The molecule has 0 saturated carbocycles. The van der Waals surface area contributed by atoms with Gasteiger partial charge in [0.15, 0.2) is 5.76 Å². The summed E-state index contributed by atoms with van der Waals surface area (Å²) in [6, 6.07) is 12.2. The van der Waals surface area contributed by atoms with Gasteiger partial charge >= 0.3 is 10.1 Å². The van der Waals surface area contributed by atoms with Crippen molar-refractivity contribution in [2.75, 3.05) is 0 Å². The molecule has 4 nitrogen and oxygen atoms in total. The fourth-order valence-corrected chi connectivity index (χ4v) is 3.51. The highest BCUT2D eigenvalue weighted by Crippen LogP contribution is 2.38. The molecule has 0 N–H and O–H groups in total. The summed E-state index contributed by atoms with van der Waals surface area (Å²) in [5, 5.41) is 0. The molecule has 0 aliphatic carbocycles. The predicted molar refractivity (Wildman–Crippen MR) is 93.3 cm³/mol. The maximum atomic E-state index is 12.6. The molecule has 2 aromatic rings. The lowest BCUT2D eigenvalue weighted by atomic mass is 9.99. The second kappa shape index (κ2) is 5.67. The van der Waals surface area contributed by atoms with E-state index in [1.165, 1.54) is 0 Å². The molecule has 5 heteroatoms. The van der Waals surface area contributed by atoms with E-state index in [1.54, 1.807) is 30.3 Å². The number of fused-ring (bicyclic) bond motifs is 1. The highest BCUT2D eigenvalue weighted by atomic mass is 32.2. The SMILES string of the molecule is Cc1ccc(S(=O)(=O)OC2=CC(C)(C)Oc3ccc(C)cc32)cc1. The molecule has 0 radical (unpaired) electrons. The summed E-state index contributed by atoms with van der Waals surface area (Å²) in [4.78, 5) is 0.132. The average Bonchev–Trinajstić information content (AvgIpc) is 2.47. The van der Waals surface area contributed by atoms with Crippen molar-refractivity contribution >= 4 is 15.9 Å². The Morgan fingerprint density at radius 3 is 2.25 bits per heavy atom. The summed E-state index contributed by atoms with van der Waals surface area (Å²) in [6.45, 7) is 7.56. The second-order valence-electron chi connectivity index (χ2n) is 6.56. The van der Waals surface area contributed by atoms with Gasteiger partial charge in [-0.2, -0.15) is 8.42 Å². The lowest BCUT2D eigenvalue weighted by Crippen LogP contribution is -2.29. The summed E-state index contributed by atoms with van der Waals surface area (Å²) in [5.41, 5.74) is 1.98. The van der Waals surface area contributed by atoms with Gasteiger partial charge in [0.2, 0.25) is 0 Å². The maximum Gasteiger partial charge on any atom is 0.339 e. The van der Waals surface area contributed by atoms with Crippen LogP contribution in [0.1, 0.15) is 30.5 Å². The van der Waals surface area contributed by atoms with E-state index in [0.717, 1.165) is 11.1 Å². The van der Waals surface area contributed by atoms with Gasteiger partial charge in [0.05, 0.1) is 5.56 Å². The van der Waals surface area contributed by atoms with Crippen LogP contribution >= 0.6 is 0 Å². The van der Waals surface area contributed by atoms with Crippen LogP contribution in [0.4, 0.5) is 0 Å².